The average molecular weight is 230 g/mol. The van der Waals surface area contributed by atoms with Gasteiger partial charge in [0.2, 0.25) is 0 Å². The van der Waals surface area contributed by atoms with E-state index in [-0.39, 0.29) is 6.10 Å². The summed E-state index contributed by atoms with van der Waals surface area (Å²) in [6.07, 6.45) is 13.8. The maximum absolute atomic E-state index is 5.01. The van der Waals surface area contributed by atoms with Gasteiger partial charge in [0.15, 0.2) is 0 Å². The van der Waals surface area contributed by atoms with E-state index in [2.05, 4.69) is 18.7 Å². The zero-order chi connectivity index (χ0) is 12.1. The Balaban J connectivity index is 2.98. The van der Waals surface area contributed by atoms with E-state index in [1.165, 1.54) is 57.8 Å². The fourth-order valence-electron chi connectivity index (χ4n) is 1.95. The Morgan fingerprint density at radius 2 is 1.31 bits per heavy atom. The van der Waals surface area contributed by atoms with Gasteiger partial charge in [0.1, 0.15) is 0 Å². The maximum atomic E-state index is 5.01. The molecular weight excluding hydrogens is 200 g/mol. The molecule has 2 nitrogen and oxygen atoms in total. The van der Waals surface area contributed by atoms with Gasteiger partial charge < -0.3 is 0 Å². The third kappa shape index (κ3) is 12.0. The van der Waals surface area contributed by atoms with Gasteiger partial charge in [-0.25, -0.2) is 9.78 Å². The summed E-state index contributed by atoms with van der Waals surface area (Å²) in [5.41, 5.74) is 0. The fourth-order valence-corrected chi connectivity index (χ4v) is 1.95. The van der Waals surface area contributed by atoms with Crippen molar-refractivity contribution in [1.82, 2.24) is 0 Å². The van der Waals surface area contributed by atoms with Gasteiger partial charge in [-0.15, -0.1) is 0 Å². The SMILES string of the molecule is CCCCCCCCCCCC(C)OOC. The highest BCUT2D eigenvalue weighted by Gasteiger charge is 2.01. The summed E-state index contributed by atoms with van der Waals surface area (Å²) in [7, 11) is 1.58. The third-order valence-corrected chi connectivity index (χ3v) is 2.97. The van der Waals surface area contributed by atoms with E-state index in [4.69, 9.17) is 4.89 Å². The van der Waals surface area contributed by atoms with E-state index >= 15 is 0 Å². The van der Waals surface area contributed by atoms with Crippen LogP contribution in [0.2, 0.25) is 0 Å². The molecule has 0 saturated carbocycles. The summed E-state index contributed by atoms with van der Waals surface area (Å²) in [5.74, 6) is 0. The molecule has 0 aliphatic rings. The quantitative estimate of drug-likeness (QED) is 0.270. The molecule has 0 fully saturated rings. The molecule has 0 aliphatic carbocycles. The van der Waals surface area contributed by atoms with Crippen LogP contribution in [0.1, 0.15) is 78.1 Å². The summed E-state index contributed by atoms with van der Waals surface area (Å²) in [6.45, 7) is 4.33. The van der Waals surface area contributed by atoms with Crippen LogP contribution in [0, 0.1) is 0 Å². The Morgan fingerprint density at radius 3 is 1.81 bits per heavy atom. The Kier molecular flexibility index (Phi) is 12.9. The third-order valence-electron chi connectivity index (χ3n) is 2.97. The Hall–Kier alpha value is -0.0800. The van der Waals surface area contributed by atoms with Crippen LogP contribution in [0.5, 0.6) is 0 Å². The predicted molar refractivity (Wildman–Crippen MR) is 69.4 cm³/mol. The summed E-state index contributed by atoms with van der Waals surface area (Å²) in [6, 6.07) is 0. The minimum atomic E-state index is 0.245. The molecule has 1 unspecified atom stereocenters. The Labute approximate surface area is 102 Å². The second-order valence-corrected chi connectivity index (χ2v) is 4.69. The largest absolute Gasteiger partial charge is 0.240 e. The minimum Gasteiger partial charge on any atom is -0.240 e. The van der Waals surface area contributed by atoms with Crippen LogP contribution in [0.3, 0.4) is 0 Å². The molecule has 1 atom stereocenters. The minimum absolute atomic E-state index is 0.245. The summed E-state index contributed by atoms with van der Waals surface area (Å²) < 4.78 is 0. The molecule has 98 valence electrons. The topological polar surface area (TPSA) is 18.5 Å². The van der Waals surface area contributed by atoms with Gasteiger partial charge in [-0.05, 0) is 13.3 Å². The van der Waals surface area contributed by atoms with Crippen molar-refractivity contribution in [2.24, 2.45) is 0 Å². The molecule has 0 radical (unpaired) electrons. The molecule has 0 aliphatic heterocycles. The van der Waals surface area contributed by atoms with Crippen molar-refractivity contribution in [2.75, 3.05) is 7.11 Å². The fraction of sp³-hybridized carbons (Fsp3) is 1.00. The smallest absolute Gasteiger partial charge is 0.0901 e. The first kappa shape index (κ1) is 15.9. The monoisotopic (exact) mass is 230 g/mol. The van der Waals surface area contributed by atoms with E-state index in [0.717, 1.165) is 6.42 Å². The van der Waals surface area contributed by atoms with Gasteiger partial charge in [-0.2, -0.15) is 0 Å². The van der Waals surface area contributed by atoms with E-state index < -0.39 is 0 Å². The molecule has 0 saturated heterocycles. The molecule has 0 heterocycles. The van der Waals surface area contributed by atoms with Crippen LogP contribution in [-0.4, -0.2) is 13.2 Å². The van der Waals surface area contributed by atoms with E-state index in [1.807, 2.05) is 0 Å². The Morgan fingerprint density at radius 1 is 0.812 bits per heavy atom. The van der Waals surface area contributed by atoms with E-state index in [9.17, 15) is 0 Å². The van der Waals surface area contributed by atoms with Gasteiger partial charge >= 0.3 is 0 Å². The molecule has 0 N–H and O–H groups in total. The van der Waals surface area contributed by atoms with E-state index in [1.54, 1.807) is 7.11 Å². The van der Waals surface area contributed by atoms with Crippen LogP contribution in [0.25, 0.3) is 0 Å². The number of hydrogen-bond donors (Lipinski definition) is 0. The van der Waals surface area contributed by atoms with Crippen molar-refractivity contribution in [3.8, 4) is 0 Å². The van der Waals surface area contributed by atoms with Crippen molar-refractivity contribution in [1.29, 1.82) is 0 Å². The van der Waals surface area contributed by atoms with Gasteiger partial charge in [0.05, 0.1) is 13.2 Å². The van der Waals surface area contributed by atoms with Gasteiger partial charge in [-0.3, -0.25) is 0 Å². The number of unbranched alkanes of at least 4 members (excludes halogenated alkanes) is 8. The highest BCUT2D eigenvalue weighted by atomic mass is 17.2. The molecule has 0 aromatic heterocycles. The average Bonchev–Trinajstić information content (AvgIpc) is 2.27. The number of rotatable bonds is 12. The van der Waals surface area contributed by atoms with E-state index in [0.29, 0.717) is 0 Å². The standard InChI is InChI=1S/C14H30O2/c1-4-5-6-7-8-9-10-11-12-13-14(2)16-15-3/h14H,4-13H2,1-3H3. The van der Waals surface area contributed by atoms with Crippen LogP contribution in [0.15, 0.2) is 0 Å². The second kappa shape index (κ2) is 13.0. The maximum Gasteiger partial charge on any atom is 0.0901 e. The van der Waals surface area contributed by atoms with Crippen molar-refractivity contribution in [3.63, 3.8) is 0 Å². The Bertz CT molecular complexity index is 126. The molecule has 2 heteroatoms. The lowest BCUT2D eigenvalue weighted by Crippen LogP contribution is -2.06. The first-order chi connectivity index (χ1) is 7.81. The van der Waals surface area contributed by atoms with Gasteiger partial charge in [0.25, 0.3) is 0 Å². The zero-order valence-electron chi connectivity index (χ0n) is 11.5. The summed E-state index contributed by atoms with van der Waals surface area (Å²) in [4.78, 5) is 9.65. The lowest BCUT2D eigenvalue weighted by atomic mass is 10.1. The van der Waals surface area contributed by atoms with Crippen LogP contribution in [0.4, 0.5) is 0 Å². The summed E-state index contributed by atoms with van der Waals surface area (Å²) >= 11 is 0. The molecule has 16 heavy (non-hydrogen) atoms. The lowest BCUT2D eigenvalue weighted by molar-refractivity contribution is -0.301. The first-order valence-electron chi connectivity index (χ1n) is 7.00. The van der Waals surface area contributed by atoms with Crippen LogP contribution in [-0.2, 0) is 9.78 Å². The zero-order valence-corrected chi connectivity index (χ0v) is 11.5. The molecular formula is C14H30O2. The normalized spacial score (nSPS) is 12.9. The molecule has 0 bridgehead atoms. The van der Waals surface area contributed by atoms with Crippen LogP contribution >= 0.6 is 0 Å². The highest BCUT2D eigenvalue weighted by molar-refractivity contribution is 4.51. The van der Waals surface area contributed by atoms with Crippen LogP contribution < -0.4 is 0 Å². The summed E-state index contributed by atoms with van der Waals surface area (Å²) in [5, 5.41) is 0. The van der Waals surface area contributed by atoms with Crippen molar-refractivity contribution in [2.45, 2.75) is 84.2 Å². The highest BCUT2D eigenvalue weighted by Crippen LogP contribution is 2.12. The lowest BCUT2D eigenvalue weighted by Gasteiger charge is -2.09. The predicted octanol–water partition coefficient (Wildman–Crippen LogP) is 4.87. The van der Waals surface area contributed by atoms with Gasteiger partial charge in [0, 0.05) is 0 Å². The first-order valence-corrected chi connectivity index (χ1v) is 7.00. The second-order valence-electron chi connectivity index (χ2n) is 4.69. The molecule has 0 rings (SSSR count). The number of hydrogen-bond acceptors (Lipinski definition) is 2. The van der Waals surface area contributed by atoms with Crippen molar-refractivity contribution in [3.05, 3.63) is 0 Å². The van der Waals surface area contributed by atoms with Crippen molar-refractivity contribution >= 4 is 0 Å². The molecule has 0 aromatic carbocycles. The van der Waals surface area contributed by atoms with Gasteiger partial charge in [-0.1, -0.05) is 64.7 Å². The molecule has 0 amide bonds. The molecule has 0 aromatic rings. The van der Waals surface area contributed by atoms with Crippen molar-refractivity contribution < 1.29 is 9.78 Å². The molecule has 0 spiro atoms.